The molecule has 3 aromatic rings. The zero-order valence-corrected chi connectivity index (χ0v) is 21.1. The quantitative estimate of drug-likeness (QED) is 0.387. The van der Waals surface area contributed by atoms with E-state index in [-0.39, 0.29) is 43.7 Å². The minimum absolute atomic E-state index is 0.0720. The molecule has 0 saturated heterocycles. The smallest absolute Gasteiger partial charge is 0.286 e. The Kier molecular flexibility index (Phi) is 8.95. The number of carbonyl (C=O) groups is 1. The molecule has 37 heavy (non-hydrogen) atoms. The van der Waals surface area contributed by atoms with Crippen molar-refractivity contribution in [1.82, 2.24) is 14.7 Å². The summed E-state index contributed by atoms with van der Waals surface area (Å²) in [6.45, 7) is 2.88. The Morgan fingerprint density at radius 1 is 1.08 bits per heavy atom. The van der Waals surface area contributed by atoms with Crippen LogP contribution in [0.1, 0.15) is 29.2 Å². The predicted octanol–water partition coefficient (Wildman–Crippen LogP) is 2.54. The number of nitrogens with one attached hydrogen (secondary N) is 1. The number of aliphatic hydroxyl groups excluding tert-OH is 1. The largest absolute Gasteiger partial charge is 0.459 e. The fourth-order valence-corrected chi connectivity index (χ4v) is 4.41. The Bertz CT molecular complexity index is 1270. The lowest BCUT2D eigenvalue weighted by Crippen LogP contribution is -2.34. The molecule has 0 aliphatic carbocycles. The fourth-order valence-electron chi connectivity index (χ4n) is 4.41. The van der Waals surface area contributed by atoms with Crippen LogP contribution in [0.15, 0.2) is 77.3 Å². The maximum Gasteiger partial charge on any atom is 0.286 e. The second-order valence-electron chi connectivity index (χ2n) is 8.77. The number of carbonyl (C=O) groups excluding carboxylic acids is 1. The van der Waals surface area contributed by atoms with Crippen LogP contribution in [-0.4, -0.2) is 53.1 Å². The molecule has 0 spiro atoms. The molecule has 9 nitrogen and oxygen atoms in total. The van der Waals surface area contributed by atoms with Crippen LogP contribution in [0.3, 0.4) is 0 Å². The van der Waals surface area contributed by atoms with Crippen LogP contribution in [0.5, 0.6) is 0 Å². The Balaban J connectivity index is 1.60. The number of rotatable bonds is 11. The van der Waals surface area contributed by atoms with E-state index in [0.717, 1.165) is 16.9 Å². The van der Waals surface area contributed by atoms with Crippen molar-refractivity contribution in [2.75, 3.05) is 26.4 Å². The molecule has 0 saturated carbocycles. The number of aromatic nitrogens is 2. The van der Waals surface area contributed by atoms with Crippen LogP contribution < -0.4 is 10.9 Å². The summed E-state index contributed by atoms with van der Waals surface area (Å²) < 4.78 is 20.5. The van der Waals surface area contributed by atoms with E-state index in [1.54, 1.807) is 10.8 Å². The van der Waals surface area contributed by atoms with Gasteiger partial charge in [0.15, 0.2) is 5.76 Å². The van der Waals surface area contributed by atoms with Gasteiger partial charge in [-0.3, -0.25) is 14.3 Å². The number of nitrogens with zero attached hydrogens (tertiary/aromatic N) is 2. The SMILES string of the molecule is Cc1c([C@@H]2C=C(C(=O)NCc3ccccc3)O[C@H](OCCOCCO)C2)c(=O)n(-c2ccccc2)n1C. The first-order chi connectivity index (χ1) is 18.0. The number of hydrogen-bond donors (Lipinski definition) is 2. The first-order valence-corrected chi connectivity index (χ1v) is 12.3. The summed E-state index contributed by atoms with van der Waals surface area (Å²) in [7, 11) is 1.84. The van der Waals surface area contributed by atoms with E-state index < -0.39 is 12.2 Å². The van der Waals surface area contributed by atoms with Crippen molar-refractivity contribution in [2.45, 2.75) is 32.1 Å². The van der Waals surface area contributed by atoms with Crippen LogP contribution in [0, 0.1) is 6.92 Å². The molecule has 196 valence electrons. The van der Waals surface area contributed by atoms with Gasteiger partial charge in [-0.1, -0.05) is 48.5 Å². The lowest BCUT2D eigenvalue weighted by atomic mass is 9.93. The molecule has 1 aliphatic heterocycles. The average molecular weight is 508 g/mol. The standard InChI is InChI=1S/C28H33N3O6/c1-20-26(28(34)31(30(20)2)23-11-7-4-8-12-23)22-17-24(27(33)29-19-21-9-5-3-6-10-21)37-25(18-22)36-16-15-35-14-13-32/h3-12,17,22,25,32H,13-16,18-19H2,1-2H3,(H,29,33)/t22-,25+/m1/s1. The Morgan fingerprint density at radius 3 is 2.49 bits per heavy atom. The number of amides is 1. The first kappa shape index (κ1) is 26.4. The van der Waals surface area contributed by atoms with Crippen molar-refractivity contribution in [3.63, 3.8) is 0 Å². The van der Waals surface area contributed by atoms with Gasteiger partial charge in [0, 0.05) is 37.2 Å². The molecule has 2 atom stereocenters. The normalized spacial score (nSPS) is 17.2. The summed E-state index contributed by atoms with van der Waals surface area (Å²) in [4.78, 5) is 26.7. The van der Waals surface area contributed by atoms with E-state index in [1.165, 1.54) is 0 Å². The molecule has 2 N–H and O–H groups in total. The van der Waals surface area contributed by atoms with Gasteiger partial charge >= 0.3 is 0 Å². The summed E-state index contributed by atoms with van der Waals surface area (Å²) in [5.41, 5.74) is 2.96. The number of allylic oxidation sites excluding steroid dienone is 1. The lowest BCUT2D eigenvalue weighted by Gasteiger charge is -2.29. The Hall–Kier alpha value is -3.66. The van der Waals surface area contributed by atoms with E-state index in [2.05, 4.69) is 5.32 Å². The number of para-hydroxylation sites is 1. The lowest BCUT2D eigenvalue weighted by molar-refractivity contribution is -0.151. The van der Waals surface area contributed by atoms with E-state index in [1.807, 2.05) is 79.3 Å². The minimum Gasteiger partial charge on any atom is -0.459 e. The third kappa shape index (κ3) is 6.37. The first-order valence-electron chi connectivity index (χ1n) is 12.3. The molecule has 1 aromatic heterocycles. The Morgan fingerprint density at radius 2 is 1.78 bits per heavy atom. The van der Waals surface area contributed by atoms with E-state index in [4.69, 9.17) is 19.3 Å². The highest BCUT2D eigenvalue weighted by Crippen LogP contribution is 2.32. The summed E-state index contributed by atoms with van der Waals surface area (Å²) in [6.07, 6.45) is 1.33. The maximum atomic E-state index is 13.6. The molecule has 9 heteroatoms. The topological polar surface area (TPSA) is 104 Å². The second kappa shape index (κ2) is 12.5. The highest BCUT2D eigenvalue weighted by molar-refractivity contribution is 5.91. The van der Waals surface area contributed by atoms with Crippen molar-refractivity contribution in [3.05, 3.63) is 99.7 Å². The van der Waals surface area contributed by atoms with Crippen LogP contribution in [0.25, 0.3) is 5.69 Å². The molecule has 1 aliphatic rings. The average Bonchev–Trinajstić information content (AvgIpc) is 3.15. The van der Waals surface area contributed by atoms with Gasteiger partial charge in [0.1, 0.15) is 0 Å². The van der Waals surface area contributed by atoms with Crippen molar-refractivity contribution in [3.8, 4) is 5.69 Å². The number of aliphatic hydroxyl groups is 1. The number of hydrogen-bond acceptors (Lipinski definition) is 6. The number of benzene rings is 2. The van der Waals surface area contributed by atoms with Crippen molar-refractivity contribution in [2.24, 2.45) is 7.05 Å². The summed E-state index contributed by atoms with van der Waals surface area (Å²) in [6, 6.07) is 19.0. The summed E-state index contributed by atoms with van der Waals surface area (Å²) in [5.74, 6) is -0.656. The molecular formula is C28H33N3O6. The van der Waals surface area contributed by atoms with E-state index in [9.17, 15) is 9.59 Å². The van der Waals surface area contributed by atoms with Gasteiger partial charge < -0.3 is 24.6 Å². The van der Waals surface area contributed by atoms with Gasteiger partial charge in [0.05, 0.1) is 32.1 Å². The predicted molar refractivity (Wildman–Crippen MR) is 138 cm³/mol. The molecular weight excluding hydrogens is 474 g/mol. The molecule has 0 unspecified atom stereocenters. The van der Waals surface area contributed by atoms with Crippen LogP contribution >= 0.6 is 0 Å². The van der Waals surface area contributed by atoms with Crippen molar-refractivity contribution >= 4 is 5.91 Å². The van der Waals surface area contributed by atoms with Crippen molar-refractivity contribution < 1.29 is 24.1 Å². The van der Waals surface area contributed by atoms with Gasteiger partial charge in [-0.15, -0.1) is 0 Å². The van der Waals surface area contributed by atoms with Crippen LogP contribution in [-0.2, 0) is 32.6 Å². The zero-order chi connectivity index (χ0) is 26.2. The van der Waals surface area contributed by atoms with Gasteiger partial charge in [-0.25, -0.2) is 4.68 Å². The van der Waals surface area contributed by atoms with Crippen molar-refractivity contribution in [1.29, 1.82) is 0 Å². The van der Waals surface area contributed by atoms with Crippen LogP contribution in [0.4, 0.5) is 0 Å². The molecule has 2 aromatic carbocycles. The monoisotopic (exact) mass is 507 g/mol. The molecule has 0 bridgehead atoms. The highest BCUT2D eigenvalue weighted by Gasteiger charge is 2.33. The fraction of sp³-hybridized carbons (Fsp3) is 0.357. The Labute approximate surface area is 215 Å². The second-order valence-corrected chi connectivity index (χ2v) is 8.77. The summed E-state index contributed by atoms with van der Waals surface area (Å²) >= 11 is 0. The van der Waals surface area contributed by atoms with E-state index >= 15 is 0 Å². The highest BCUT2D eigenvalue weighted by atomic mass is 16.7. The van der Waals surface area contributed by atoms with E-state index in [0.29, 0.717) is 18.5 Å². The number of ether oxygens (including phenoxy) is 3. The van der Waals surface area contributed by atoms with Gasteiger partial charge in [-0.2, -0.15) is 0 Å². The minimum atomic E-state index is -0.741. The van der Waals surface area contributed by atoms with Gasteiger partial charge in [0.25, 0.3) is 11.5 Å². The molecule has 0 radical (unpaired) electrons. The molecule has 1 amide bonds. The zero-order valence-electron chi connectivity index (χ0n) is 21.1. The van der Waals surface area contributed by atoms with Gasteiger partial charge in [0.2, 0.25) is 6.29 Å². The third-order valence-corrected chi connectivity index (χ3v) is 6.31. The molecule has 4 rings (SSSR count). The molecule has 2 heterocycles. The summed E-state index contributed by atoms with van der Waals surface area (Å²) in [5, 5.41) is 11.8. The molecule has 0 fully saturated rings. The maximum absolute atomic E-state index is 13.6. The third-order valence-electron chi connectivity index (χ3n) is 6.31. The van der Waals surface area contributed by atoms with Crippen LogP contribution in [0.2, 0.25) is 0 Å². The van der Waals surface area contributed by atoms with Gasteiger partial charge in [-0.05, 0) is 30.7 Å².